The highest BCUT2D eigenvalue weighted by Crippen LogP contribution is 2.28. The predicted molar refractivity (Wildman–Crippen MR) is 84.0 cm³/mol. The normalized spacial score (nSPS) is 11.1. The maximum atomic E-state index is 12.2. The number of primary amides is 1. The van der Waals surface area contributed by atoms with Gasteiger partial charge < -0.3 is 10.5 Å². The molecule has 3 N–H and O–H groups in total. The Morgan fingerprint density at radius 3 is 2.71 bits per heavy atom. The lowest BCUT2D eigenvalue weighted by Gasteiger charge is -2.08. The van der Waals surface area contributed by atoms with E-state index in [2.05, 4.69) is 20.7 Å². The minimum absolute atomic E-state index is 0.192. The molecule has 6 nitrogen and oxygen atoms in total. The topological polar surface area (TPSA) is 98.5 Å². The van der Waals surface area contributed by atoms with Crippen LogP contribution in [0.15, 0.2) is 44.4 Å². The summed E-state index contributed by atoms with van der Waals surface area (Å²) in [5, 5.41) is 0. The van der Waals surface area contributed by atoms with E-state index >= 15 is 0 Å². The van der Waals surface area contributed by atoms with Gasteiger partial charge in [0.05, 0.1) is 9.47 Å². The molecule has 0 aliphatic carbocycles. The second kappa shape index (κ2) is 6.46. The average Bonchev–Trinajstić information content (AvgIpc) is 2.84. The number of hydrogen-bond acceptors (Lipinski definition) is 5. The number of nitrogens with one attached hydrogen (secondary N) is 1. The number of ether oxygens (including phenoxy) is 1. The summed E-state index contributed by atoms with van der Waals surface area (Å²) in [4.78, 5) is 10.7. The molecule has 9 heteroatoms. The van der Waals surface area contributed by atoms with Crippen LogP contribution in [0, 0.1) is 0 Å². The van der Waals surface area contributed by atoms with Gasteiger partial charge in [-0.05, 0) is 40.2 Å². The highest BCUT2D eigenvalue weighted by atomic mass is 79.9. The molecule has 0 unspecified atom stereocenters. The molecule has 1 aromatic heterocycles. The van der Waals surface area contributed by atoms with Crippen LogP contribution in [0.1, 0.15) is 0 Å². The Bertz CT molecular complexity index is 758. The number of carbonyl (C=O) groups excluding carboxylic acids is 1. The van der Waals surface area contributed by atoms with Gasteiger partial charge >= 0.3 is 0 Å². The van der Waals surface area contributed by atoms with Crippen LogP contribution < -0.4 is 15.2 Å². The second-order valence-corrected chi connectivity index (χ2v) is 8.32. The molecule has 0 bridgehead atoms. The summed E-state index contributed by atoms with van der Waals surface area (Å²) >= 11 is 4.32. The first-order valence-corrected chi connectivity index (χ1v) is 8.75. The van der Waals surface area contributed by atoms with Gasteiger partial charge in [0.25, 0.3) is 15.9 Å². The van der Waals surface area contributed by atoms with Crippen LogP contribution in [0.3, 0.4) is 0 Å². The standard InChI is InChI=1S/C12H11BrN2O4S2/c13-10-4-5-12(20-10)21(17,18)15-8-2-1-3-9(6-8)19-7-11(14)16/h1-6,15H,7H2,(H2,14,16). The molecule has 0 saturated heterocycles. The summed E-state index contributed by atoms with van der Waals surface area (Å²) in [7, 11) is -3.65. The van der Waals surface area contributed by atoms with E-state index in [-0.39, 0.29) is 10.8 Å². The summed E-state index contributed by atoms with van der Waals surface area (Å²) in [6, 6.07) is 9.43. The van der Waals surface area contributed by atoms with Gasteiger partial charge in [0, 0.05) is 6.07 Å². The molecule has 0 atom stereocenters. The van der Waals surface area contributed by atoms with Crippen LogP contribution in [-0.2, 0) is 14.8 Å². The number of carbonyl (C=O) groups is 1. The fourth-order valence-electron chi connectivity index (χ4n) is 1.45. The van der Waals surface area contributed by atoms with Crippen molar-refractivity contribution in [1.82, 2.24) is 0 Å². The highest BCUT2D eigenvalue weighted by molar-refractivity contribution is 9.11. The lowest BCUT2D eigenvalue weighted by Crippen LogP contribution is -2.20. The lowest BCUT2D eigenvalue weighted by atomic mass is 10.3. The lowest BCUT2D eigenvalue weighted by molar-refractivity contribution is -0.119. The zero-order valence-electron chi connectivity index (χ0n) is 10.6. The Hall–Kier alpha value is -1.58. The first-order chi connectivity index (χ1) is 9.87. The van der Waals surface area contributed by atoms with Crippen molar-refractivity contribution in [3.05, 3.63) is 40.2 Å². The van der Waals surface area contributed by atoms with Crippen LogP contribution in [0.5, 0.6) is 5.75 Å². The van der Waals surface area contributed by atoms with E-state index in [0.717, 1.165) is 15.1 Å². The Kier molecular flexibility index (Phi) is 4.86. The largest absolute Gasteiger partial charge is 0.484 e. The molecule has 1 amide bonds. The van der Waals surface area contributed by atoms with Crippen molar-refractivity contribution in [3.63, 3.8) is 0 Å². The Morgan fingerprint density at radius 2 is 2.10 bits per heavy atom. The van der Waals surface area contributed by atoms with Gasteiger partial charge in [0.15, 0.2) is 6.61 Å². The summed E-state index contributed by atoms with van der Waals surface area (Å²) < 4.78 is 32.8. The van der Waals surface area contributed by atoms with E-state index < -0.39 is 15.9 Å². The Labute approximate surface area is 134 Å². The SMILES string of the molecule is NC(=O)COc1cccc(NS(=O)(=O)c2ccc(Br)s2)c1. The van der Waals surface area contributed by atoms with Crippen molar-refractivity contribution in [1.29, 1.82) is 0 Å². The molecule has 1 aromatic carbocycles. The molecular weight excluding hydrogens is 380 g/mol. The minimum atomic E-state index is -3.65. The maximum Gasteiger partial charge on any atom is 0.271 e. The number of anilines is 1. The quantitative estimate of drug-likeness (QED) is 0.789. The third kappa shape index (κ3) is 4.45. The number of thiophene rings is 1. The molecule has 0 aliphatic rings. The van der Waals surface area contributed by atoms with Crippen molar-refractivity contribution >= 4 is 48.9 Å². The van der Waals surface area contributed by atoms with Crippen molar-refractivity contribution in [2.75, 3.05) is 11.3 Å². The highest BCUT2D eigenvalue weighted by Gasteiger charge is 2.16. The van der Waals surface area contributed by atoms with E-state index in [4.69, 9.17) is 10.5 Å². The van der Waals surface area contributed by atoms with Crippen LogP contribution in [0.25, 0.3) is 0 Å². The monoisotopic (exact) mass is 390 g/mol. The number of halogens is 1. The molecule has 2 aromatic rings. The fourth-order valence-corrected chi connectivity index (χ4v) is 4.51. The van der Waals surface area contributed by atoms with Gasteiger partial charge in [-0.2, -0.15) is 0 Å². The summed E-state index contributed by atoms with van der Waals surface area (Å²) in [5.41, 5.74) is 5.31. The smallest absolute Gasteiger partial charge is 0.271 e. The van der Waals surface area contributed by atoms with Gasteiger partial charge in [0.2, 0.25) is 0 Å². The van der Waals surface area contributed by atoms with Gasteiger partial charge in [-0.25, -0.2) is 8.42 Å². The average molecular weight is 391 g/mol. The molecule has 0 saturated carbocycles. The number of benzene rings is 1. The molecular formula is C12H11BrN2O4S2. The van der Waals surface area contributed by atoms with Crippen molar-refractivity contribution < 1.29 is 17.9 Å². The van der Waals surface area contributed by atoms with E-state index in [9.17, 15) is 13.2 Å². The number of hydrogen-bond donors (Lipinski definition) is 2. The zero-order chi connectivity index (χ0) is 15.5. The Morgan fingerprint density at radius 1 is 1.33 bits per heavy atom. The first-order valence-electron chi connectivity index (χ1n) is 5.66. The molecule has 0 spiro atoms. The molecule has 1 heterocycles. The van der Waals surface area contributed by atoms with Crippen molar-refractivity contribution in [2.45, 2.75) is 4.21 Å². The number of amides is 1. The second-order valence-electron chi connectivity index (χ2n) is 3.95. The summed E-state index contributed by atoms with van der Waals surface area (Å²) in [6.45, 7) is -0.270. The molecule has 112 valence electrons. The van der Waals surface area contributed by atoms with Gasteiger partial charge in [-0.15, -0.1) is 11.3 Å². The van der Waals surface area contributed by atoms with Crippen molar-refractivity contribution in [2.24, 2.45) is 5.73 Å². The van der Waals surface area contributed by atoms with Crippen LogP contribution in [-0.4, -0.2) is 20.9 Å². The van der Waals surface area contributed by atoms with E-state index in [0.29, 0.717) is 11.4 Å². The first kappa shape index (κ1) is 15.8. The molecule has 0 aliphatic heterocycles. The Balaban J connectivity index is 2.16. The molecule has 2 rings (SSSR count). The van der Waals surface area contributed by atoms with Gasteiger partial charge in [0.1, 0.15) is 9.96 Å². The van der Waals surface area contributed by atoms with E-state index in [1.54, 1.807) is 24.3 Å². The number of sulfonamides is 1. The third-order valence-electron chi connectivity index (χ3n) is 2.28. The number of rotatable bonds is 6. The third-order valence-corrected chi connectivity index (χ3v) is 5.78. The van der Waals surface area contributed by atoms with Gasteiger partial charge in [-0.1, -0.05) is 6.07 Å². The van der Waals surface area contributed by atoms with Crippen LogP contribution in [0.2, 0.25) is 0 Å². The van der Waals surface area contributed by atoms with E-state index in [1.165, 1.54) is 12.1 Å². The molecule has 21 heavy (non-hydrogen) atoms. The number of nitrogens with two attached hydrogens (primary N) is 1. The van der Waals surface area contributed by atoms with Crippen LogP contribution >= 0.6 is 27.3 Å². The van der Waals surface area contributed by atoms with Crippen LogP contribution in [0.4, 0.5) is 5.69 Å². The fraction of sp³-hybridized carbons (Fsp3) is 0.0833. The molecule has 0 fully saturated rings. The zero-order valence-corrected chi connectivity index (χ0v) is 13.8. The predicted octanol–water partition coefficient (Wildman–Crippen LogP) is 2.18. The minimum Gasteiger partial charge on any atom is -0.484 e. The van der Waals surface area contributed by atoms with E-state index in [1.807, 2.05) is 0 Å². The summed E-state index contributed by atoms with van der Waals surface area (Å²) in [6.07, 6.45) is 0. The van der Waals surface area contributed by atoms with Crippen molar-refractivity contribution in [3.8, 4) is 5.75 Å². The summed E-state index contributed by atoms with van der Waals surface area (Å²) in [5.74, 6) is -0.259. The molecule has 0 radical (unpaired) electrons. The van der Waals surface area contributed by atoms with Gasteiger partial charge in [-0.3, -0.25) is 9.52 Å². The maximum absolute atomic E-state index is 12.2.